The zero-order valence-corrected chi connectivity index (χ0v) is 14.5. The van der Waals surface area contributed by atoms with E-state index in [1.165, 1.54) is 11.3 Å². The van der Waals surface area contributed by atoms with Gasteiger partial charge in [0, 0.05) is 17.4 Å². The summed E-state index contributed by atoms with van der Waals surface area (Å²) < 4.78 is 10.6. The summed E-state index contributed by atoms with van der Waals surface area (Å²) in [7, 11) is 3.24. The van der Waals surface area contributed by atoms with Crippen LogP contribution in [0.4, 0.5) is 5.13 Å². The predicted molar refractivity (Wildman–Crippen MR) is 93.4 cm³/mol. The van der Waals surface area contributed by atoms with Crippen LogP contribution in [-0.4, -0.2) is 25.1 Å². The molecule has 1 N–H and O–H groups in total. The molecule has 0 saturated heterocycles. The van der Waals surface area contributed by atoms with Crippen molar-refractivity contribution in [3.8, 4) is 22.8 Å². The molecule has 0 atom stereocenters. The Kier molecular flexibility index (Phi) is 6.40. The van der Waals surface area contributed by atoms with Crippen molar-refractivity contribution in [2.24, 2.45) is 0 Å². The topological polar surface area (TPSA) is 60.5 Å². The number of benzene rings is 1. The molecule has 0 spiro atoms. The summed E-state index contributed by atoms with van der Waals surface area (Å²) in [5, 5.41) is 5.36. The fourth-order valence-electron chi connectivity index (χ4n) is 2.19. The van der Waals surface area contributed by atoms with Crippen molar-refractivity contribution >= 4 is 22.4 Å². The molecule has 0 aliphatic heterocycles. The van der Waals surface area contributed by atoms with Crippen molar-refractivity contribution in [3.63, 3.8) is 0 Å². The summed E-state index contributed by atoms with van der Waals surface area (Å²) in [6.45, 7) is 2.12. The number of carbonyl (C=O) groups excluding carboxylic acids is 1. The minimum absolute atomic E-state index is 0.0111. The molecular weight excluding hydrogens is 312 g/mol. The Bertz CT molecular complexity index is 655. The number of amides is 1. The van der Waals surface area contributed by atoms with Gasteiger partial charge >= 0.3 is 0 Å². The normalized spacial score (nSPS) is 10.4. The molecule has 1 amide bonds. The van der Waals surface area contributed by atoms with E-state index in [-0.39, 0.29) is 5.91 Å². The second-order valence-electron chi connectivity index (χ2n) is 5.11. The van der Waals surface area contributed by atoms with E-state index in [2.05, 4.69) is 17.2 Å². The smallest absolute Gasteiger partial charge is 0.226 e. The highest BCUT2D eigenvalue weighted by Crippen LogP contribution is 2.35. The molecule has 0 unspecified atom stereocenters. The summed E-state index contributed by atoms with van der Waals surface area (Å²) in [4.78, 5) is 16.4. The maximum Gasteiger partial charge on any atom is 0.226 e. The number of thiazole rings is 1. The number of anilines is 1. The van der Waals surface area contributed by atoms with E-state index in [9.17, 15) is 4.79 Å². The molecule has 1 aromatic carbocycles. The van der Waals surface area contributed by atoms with Crippen LogP contribution < -0.4 is 14.8 Å². The molecule has 5 nitrogen and oxygen atoms in total. The van der Waals surface area contributed by atoms with Gasteiger partial charge in [-0.05, 0) is 24.6 Å². The van der Waals surface area contributed by atoms with Crippen LogP contribution in [0.3, 0.4) is 0 Å². The van der Waals surface area contributed by atoms with Gasteiger partial charge in [-0.3, -0.25) is 4.79 Å². The van der Waals surface area contributed by atoms with Crippen LogP contribution in [0.1, 0.15) is 32.6 Å². The Morgan fingerprint density at radius 2 is 2.09 bits per heavy atom. The Balaban J connectivity index is 2.11. The van der Waals surface area contributed by atoms with Crippen molar-refractivity contribution in [1.82, 2.24) is 4.98 Å². The summed E-state index contributed by atoms with van der Waals surface area (Å²) in [5.41, 5.74) is 1.60. The quantitative estimate of drug-likeness (QED) is 0.729. The van der Waals surface area contributed by atoms with Crippen LogP contribution in [0.15, 0.2) is 23.6 Å². The Morgan fingerprint density at radius 3 is 2.78 bits per heavy atom. The molecule has 2 rings (SSSR count). The fourth-order valence-corrected chi connectivity index (χ4v) is 2.91. The molecule has 124 valence electrons. The Labute approximate surface area is 140 Å². The molecular formula is C17H22N2O3S. The van der Waals surface area contributed by atoms with Crippen LogP contribution in [0.5, 0.6) is 11.5 Å². The van der Waals surface area contributed by atoms with E-state index < -0.39 is 0 Å². The number of nitrogens with zero attached hydrogens (tertiary/aromatic N) is 1. The van der Waals surface area contributed by atoms with Gasteiger partial charge in [0.1, 0.15) is 11.5 Å². The molecule has 1 aromatic heterocycles. The van der Waals surface area contributed by atoms with Crippen molar-refractivity contribution < 1.29 is 14.3 Å². The molecule has 0 aliphatic rings. The number of hydrogen-bond acceptors (Lipinski definition) is 5. The van der Waals surface area contributed by atoms with Crippen LogP contribution in [-0.2, 0) is 4.79 Å². The SMILES string of the molecule is CCCCCC(=O)Nc1nc(-c2cc(OC)ccc2OC)cs1. The van der Waals surface area contributed by atoms with Crippen molar-refractivity contribution in [2.75, 3.05) is 19.5 Å². The number of carbonyl (C=O) groups is 1. The van der Waals surface area contributed by atoms with E-state index in [4.69, 9.17) is 9.47 Å². The molecule has 0 bridgehead atoms. The molecule has 23 heavy (non-hydrogen) atoms. The average Bonchev–Trinajstić information content (AvgIpc) is 3.02. The van der Waals surface area contributed by atoms with E-state index in [1.807, 2.05) is 23.6 Å². The Morgan fingerprint density at radius 1 is 1.26 bits per heavy atom. The standard InChI is InChI=1S/C17H22N2O3S/c1-4-5-6-7-16(20)19-17-18-14(11-23-17)13-10-12(21-2)8-9-15(13)22-3/h8-11H,4-7H2,1-3H3,(H,18,19,20). The van der Waals surface area contributed by atoms with Gasteiger partial charge < -0.3 is 14.8 Å². The van der Waals surface area contributed by atoms with Crippen molar-refractivity contribution in [1.29, 1.82) is 0 Å². The summed E-state index contributed by atoms with van der Waals surface area (Å²) in [6, 6.07) is 5.56. The number of hydrogen-bond donors (Lipinski definition) is 1. The molecule has 0 aliphatic carbocycles. The first-order valence-electron chi connectivity index (χ1n) is 7.65. The summed E-state index contributed by atoms with van der Waals surface area (Å²) in [5.74, 6) is 1.47. The van der Waals surface area contributed by atoms with E-state index in [0.717, 1.165) is 42.0 Å². The van der Waals surface area contributed by atoms with Crippen molar-refractivity contribution in [2.45, 2.75) is 32.6 Å². The lowest BCUT2D eigenvalue weighted by Crippen LogP contribution is -2.10. The van der Waals surface area contributed by atoms with Crippen LogP contribution in [0.2, 0.25) is 0 Å². The van der Waals surface area contributed by atoms with Crippen molar-refractivity contribution in [3.05, 3.63) is 23.6 Å². The maximum absolute atomic E-state index is 11.9. The lowest BCUT2D eigenvalue weighted by Gasteiger charge is -2.08. The number of aromatic nitrogens is 1. The second kappa shape index (κ2) is 8.53. The molecule has 1 heterocycles. The zero-order valence-electron chi connectivity index (χ0n) is 13.7. The predicted octanol–water partition coefficient (Wildman–Crippen LogP) is 4.35. The first-order chi connectivity index (χ1) is 11.2. The lowest BCUT2D eigenvalue weighted by molar-refractivity contribution is -0.116. The van der Waals surface area contributed by atoms with Gasteiger partial charge in [0.2, 0.25) is 5.91 Å². The van der Waals surface area contributed by atoms with Gasteiger partial charge in [0.15, 0.2) is 5.13 Å². The molecule has 6 heteroatoms. The monoisotopic (exact) mass is 334 g/mol. The third kappa shape index (κ3) is 4.69. The molecule has 0 saturated carbocycles. The highest BCUT2D eigenvalue weighted by atomic mass is 32.1. The van der Waals surface area contributed by atoms with Gasteiger partial charge in [-0.1, -0.05) is 19.8 Å². The highest BCUT2D eigenvalue weighted by molar-refractivity contribution is 7.14. The largest absolute Gasteiger partial charge is 0.497 e. The van der Waals surface area contributed by atoms with Gasteiger partial charge in [-0.25, -0.2) is 4.98 Å². The number of methoxy groups -OCH3 is 2. The maximum atomic E-state index is 11.9. The van der Waals surface area contributed by atoms with Gasteiger partial charge in [0.05, 0.1) is 19.9 Å². The second-order valence-corrected chi connectivity index (χ2v) is 5.97. The van der Waals surface area contributed by atoms with Crippen LogP contribution >= 0.6 is 11.3 Å². The first kappa shape index (κ1) is 17.3. The number of ether oxygens (including phenoxy) is 2. The third-order valence-corrected chi connectivity index (χ3v) is 4.20. The molecule has 0 fully saturated rings. The average molecular weight is 334 g/mol. The molecule has 2 aromatic rings. The van der Waals surface area contributed by atoms with Crippen LogP contribution in [0.25, 0.3) is 11.3 Å². The highest BCUT2D eigenvalue weighted by Gasteiger charge is 2.12. The third-order valence-electron chi connectivity index (χ3n) is 3.44. The van der Waals surface area contributed by atoms with E-state index >= 15 is 0 Å². The number of rotatable bonds is 8. The number of nitrogens with one attached hydrogen (secondary N) is 1. The van der Waals surface area contributed by atoms with Gasteiger partial charge in [-0.2, -0.15) is 0 Å². The minimum atomic E-state index is 0.0111. The van der Waals surface area contributed by atoms with Gasteiger partial charge in [0.25, 0.3) is 0 Å². The van der Waals surface area contributed by atoms with Gasteiger partial charge in [-0.15, -0.1) is 11.3 Å². The first-order valence-corrected chi connectivity index (χ1v) is 8.53. The Hall–Kier alpha value is -2.08. The van der Waals surface area contributed by atoms with Crippen LogP contribution in [0, 0.1) is 0 Å². The van der Waals surface area contributed by atoms with E-state index in [0.29, 0.717) is 11.6 Å². The zero-order chi connectivity index (χ0) is 16.7. The lowest BCUT2D eigenvalue weighted by atomic mass is 10.1. The van der Waals surface area contributed by atoms with E-state index in [1.54, 1.807) is 14.2 Å². The summed E-state index contributed by atoms with van der Waals surface area (Å²) >= 11 is 1.41. The number of unbranched alkanes of at least 4 members (excludes halogenated alkanes) is 2. The minimum Gasteiger partial charge on any atom is -0.497 e. The summed E-state index contributed by atoms with van der Waals surface area (Å²) in [6.07, 6.45) is 3.61. The fraction of sp³-hybridized carbons (Fsp3) is 0.412. The molecule has 0 radical (unpaired) electrons.